The maximum absolute atomic E-state index is 12.8. The molecular weight excluding hydrogens is 395 g/mol. The number of likely N-dealkylation sites (tertiary alicyclic amines) is 1. The van der Waals surface area contributed by atoms with E-state index in [0.717, 1.165) is 43.5 Å². The van der Waals surface area contributed by atoms with Crippen LogP contribution in [0, 0.1) is 0 Å². The molecule has 1 fully saturated rings. The number of nitrogens with one attached hydrogen (secondary N) is 1. The third-order valence-corrected chi connectivity index (χ3v) is 5.32. The predicted molar refractivity (Wildman–Crippen MR) is 108 cm³/mol. The number of hydrogen-bond donors (Lipinski definition) is 2. The fourth-order valence-corrected chi connectivity index (χ4v) is 3.72. The molecule has 1 atom stereocenters. The molecule has 5 nitrogen and oxygen atoms in total. The number of alkyl halides is 3. The summed E-state index contributed by atoms with van der Waals surface area (Å²) < 4.78 is 38.4. The zero-order valence-electron chi connectivity index (χ0n) is 16.4. The number of carbonyl (C=O) groups is 2. The lowest BCUT2D eigenvalue weighted by molar-refractivity contribution is -0.137. The van der Waals surface area contributed by atoms with E-state index in [1.54, 1.807) is 24.3 Å². The first-order valence-corrected chi connectivity index (χ1v) is 9.85. The Kier molecular flexibility index (Phi) is 6.77. The van der Waals surface area contributed by atoms with Crippen LogP contribution in [0.2, 0.25) is 0 Å². The van der Waals surface area contributed by atoms with Crippen LogP contribution < -0.4 is 11.1 Å². The van der Waals surface area contributed by atoms with Crippen molar-refractivity contribution in [3.63, 3.8) is 0 Å². The highest BCUT2D eigenvalue weighted by Gasteiger charge is 2.31. The minimum Gasteiger partial charge on any atom is -0.366 e. The normalized spacial score (nSPS) is 17.5. The summed E-state index contributed by atoms with van der Waals surface area (Å²) in [6, 6.07) is 11.6. The molecule has 2 amide bonds. The highest BCUT2D eigenvalue weighted by atomic mass is 19.4. The Labute approximate surface area is 173 Å². The second-order valence-corrected chi connectivity index (χ2v) is 7.41. The van der Waals surface area contributed by atoms with E-state index in [0.29, 0.717) is 17.8 Å². The first-order valence-electron chi connectivity index (χ1n) is 9.85. The fourth-order valence-electron chi connectivity index (χ4n) is 3.72. The summed E-state index contributed by atoms with van der Waals surface area (Å²) in [7, 11) is 0. The Bertz CT molecular complexity index is 880. The Morgan fingerprint density at radius 3 is 2.30 bits per heavy atom. The lowest BCUT2D eigenvalue weighted by atomic mass is 9.94. The van der Waals surface area contributed by atoms with Gasteiger partial charge in [-0.1, -0.05) is 18.6 Å². The largest absolute Gasteiger partial charge is 0.416 e. The highest BCUT2D eigenvalue weighted by molar-refractivity contribution is 5.94. The van der Waals surface area contributed by atoms with Gasteiger partial charge in [-0.15, -0.1) is 0 Å². The van der Waals surface area contributed by atoms with Crippen LogP contribution in [-0.2, 0) is 11.0 Å². The minimum atomic E-state index is -4.35. The zero-order valence-corrected chi connectivity index (χ0v) is 16.4. The van der Waals surface area contributed by atoms with Crippen molar-refractivity contribution in [1.82, 2.24) is 4.90 Å². The van der Waals surface area contributed by atoms with Gasteiger partial charge >= 0.3 is 6.18 Å². The van der Waals surface area contributed by atoms with Gasteiger partial charge in [0.1, 0.15) is 0 Å². The Morgan fingerprint density at radius 2 is 1.70 bits per heavy atom. The number of piperidine rings is 1. The van der Waals surface area contributed by atoms with Gasteiger partial charge in [0, 0.05) is 30.3 Å². The summed E-state index contributed by atoms with van der Waals surface area (Å²) in [6.45, 7) is 1.31. The maximum atomic E-state index is 12.8. The predicted octanol–water partition coefficient (Wildman–Crippen LogP) is 4.36. The molecule has 0 spiro atoms. The van der Waals surface area contributed by atoms with Gasteiger partial charge in [0.2, 0.25) is 11.8 Å². The molecule has 0 saturated carbocycles. The Balaban J connectivity index is 1.58. The van der Waals surface area contributed by atoms with Crippen LogP contribution in [0.1, 0.15) is 53.2 Å². The van der Waals surface area contributed by atoms with Crippen LogP contribution in [0.15, 0.2) is 48.5 Å². The second kappa shape index (κ2) is 9.30. The number of primary amides is 1. The van der Waals surface area contributed by atoms with E-state index in [1.807, 2.05) is 0 Å². The standard InChI is InChI=1S/C22H24F3N3O2/c23-22(24,25)17-8-4-15(5-9-17)19-3-1-2-13-28(19)14-12-20(29)27-18-10-6-16(7-11-18)21(26)30/h4-11,19H,1-3,12-14H2,(H2,26,30)(H,27,29). The molecule has 3 rings (SSSR count). The van der Waals surface area contributed by atoms with Crippen LogP contribution >= 0.6 is 0 Å². The number of halogens is 3. The molecule has 160 valence electrons. The van der Waals surface area contributed by atoms with Gasteiger partial charge in [-0.3, -0.25) is 14.5 Å². The quantitative estimate of drug-likeness (QED) is 0.731. The van der Waals surface area contributed by atoms with Gasteiger partial charge in [0.05, 0.1) is 5.56 Å². The lowest BCUT2D eigenvalue weighted by Gasteiger charge is -2.36. The van der Waals surface area contributed by atoms with Crippen molar-refractivity contribution in [2.75, 3.05) is 18.4 Å². The third kappa shape index (κ3) is 5.60. The molecule has 1 aliphatic rings. The summed E-state index contributed by atoms with van der Waals surface area (Å²) in [6.07, 6.45) is -1.25. The second-order valence-electron chi connectivity index (χ2n) is 7.41. The van der Waals surface area contributed by atoms with E-state index >= 15 is 0 Å². The van der Waals surface area contributed by atoms with Gasteiger partial charge in [0.15, 0.2) is 0 Å². The highest BCUT2D eigenvalue weighted by Crippen LogP contribution is 2.34. The molecule has 1 heterocycles. The van der Waals surface area contributed by atoms with E-state index in [-0.39, 0.29) is 18.4 Å². The molecule has 0 aliphatic carbocycles. The van der Waals surface area contributed by atoms with Gasteiger partial charge in [0.25, 0.3) is 0 Å². The van der Waals surface area contributed by atoms with Crippen molar-refractivity contribution < 1.29 is 22.8 Å². The van der Waals surface area contributed by atoms with E-state index in [9.17, 15) is 22.8 Å². The number of benzene rings is 2. The van der Waals surface area contributed by atoms with E-state index in [4.69, 9.17) is 5.73 Å². The number of amides is 2. The molecule has 0 bridgehead atoms. The molecule has 2 aromatic carbocycles. The monoisotopic (exact) mass is 419 g/mol. The summed E-state index contributed by atoms with van der Waals surface area (Å²) in [5.41, 5.74) is 6.31. The van der Waals surface area contributed by atoms with E-state index < -0.39 is 17.6 Å². The molecular formula is C22H24F3N3O2. The fraction of sp³-hybridized carbons (Fsp3) is 0.364. The van der Waals surface area contributed by atoms with Gasteiger partial charge in [-0.2, -0.15) is 13.2 Å². The number of hydrogen-bond acceptors (Lipinski definition) is 3. The number of rotatable bonds is 6. The molecule has 3 N–H and O–H groups in total. The molecule has 1 saturated heterocycles. The Hall–Kier alpha value is -2.87. The molecule has 1 unspecified atom stereocenters. The van der Waals surface area contributed by atoms with Gasteiger partial charge in [-0.25, -0.2) is 0 Å². The van der Waals surface area contributed by atoms with Crippen LogP contribution in [0.25, 0.3) is 0 Å². The lowest BCUT2D eigenvalue weighted by Crippen LogP contribution is -2.35. The molecule has 2 aromatic rings. The van der Waals surface area contributed by atoms with Crippen molar-refractivity contribution in [2.45, 2.75) is 37.9 Å². The van der Waals surface area contributed by atoms with Gasteiger partial charge < -0.3 is 11.1 Å². The zero-order chi connectivity index (χ0) is 21.7. The van der Waals surface area contributed by atoms with Crippen LogP contribution in [0.3, 0.4) is 0 Å². The Morgan fingerprint density at radius 1 is 1.03 bits per heavy atom. The number of anilines is 1. The minimum absolute atomic E-state index is 0.00341. The summed E-state index contributed by atoms with van der Waals surface area (Å²) in [4.78, 5) is 25.6. The summed E-state index contributed by atoms with van der Waals surface area (Å²) in [5.74, 6) is -0.703. The average Bonchev–Trinajstić information content (AvgIpc) is 2.72. The van der Waals surface area contributed by atoms with Crippen molar-refractivity contribution in [1.29, 1.82) is 0 Å². The molecule has 30 heavy (non-hydrogen) atoms. The molecule has 1 aliphatic heterocycles. The SMILES string of the molecule is NC(=O)c1ccc(NC(=O)CCN2CCCCC2c2ccc(C(F)(F)F)cc2)cc1. The average molecular weight is 419 g/mol. The van der Waals surface area contributed by atoms with Crippen molar-refractivity contribution in [2.24, 2.45) is 5.73 Å². The van der Waals surface area contributed by atoms with Crippen LogP contribution in [0.5, 0.6) is 0 Å². The van der Waals surface area contributed by atoms with E-state index in [1.165, 1.54) is 12.1 Å². The molecule has 8 heteroatoms. The number of nitrogens with zero attached hydrogens (tertiary/aromatic N) is 1. The number of carbonyl (C=O) groups excluding carboxylic acids is 2. The summed E-state index contributed by atoms with van der Waals surface area (Å²) >= 11 is 0. The first-order chi connectivity index (χ1) is 14.2. The summed E-state index contributed by atoms with van der Waals surface area (Å²) in [5, 5.41) is 2.78. The molecule has 0 aromatic heterocycles. The third-order valence-electron chi connectivity index (χ3n) is 5.32. The van der Waals surface area contributed by atoms with Crippen molar-refractivity contribution in [3.05, 3.63) is 65.2 Å². The topological polar surface area (TPSA) is 75.4 Å². The van der Waals surface area contributed by atoms with Crippen molar-refractivity contribution in [3.8, 4) is 0 Å². The maximum Gasteiger partial charge on any atom is 0.416 e. The number of nitrogens with two attached hydrogens (primary N) is 1. The van der Waals surface area contributed by atoms with Crippen LogP contribution in [-0.4, -0.2) is 29.8 Å². The first kappa shape index (κ1) is 21.8. The van der Waals surface area contributed by atoms with Gasteiger partial charge in [-0.05, 0) is 61.3 Å². The smallest absolute Gasteiger partial charge is 0.366 e. The molecule has 0 radical (unpaired) electrons. The van der Waals surface area contributed by atoms with E-state index in [2.05, 4.69) is 10.2 Å². The van der Waals surface area contributed by atoms with Crippen molar-refractivity contribution >= 4 is 17.5 Å². The van der Waals surface area contributed by atoms with Crippen LogP contribution in [0.4, 0.5) is 18.9 Å².